The topological polar surface area (TPSA) is 32.3 Å². The summed E-state index contributed by atoms with van der Waals surface area (Å²) in [6.07, 6.45) is 2.24. The van der Waals surface area contributed by atoms with E-state index in [-0.39, 0.29) is 17.0 Å². The molecule has 0 unspecified atom stereocenters. The molecule has 1 aromatic rings. The minimum absolute atomic E-state index is 0.0505. The molecule has 1 aromatic carbocycles. The summed E-state index contributed by atoms with van der Waals surface area (Å²) in [6.45, 7) is 3.63. The number of nitrogens with zero attached hydrogens (tertiary/aromatic N) is 1. The van der Waals surface area contributed by atoms with Gasteiger partial charge in [-0.15, -0.1) is 0 Å². The Balaban J connectivity index is 2.30. The Morgan fingerprint density at radius 3 is 2.74 bits per heavy atom. The van der Waals surface area contributed by atoms with E-state index in [0.717, 1.165) is 25.9 Å². The minimum Gasteiger partial charge on any atom is -0.317 e. The van der Waals surface area contributed by atoms with E-state index in [9.17, 15) is 9.18 Å². The van der Waals surface area contributed by atoms with Crippen molar-refractivity contribution in [3.8, 4) is 0 Å². The molecular formula is C14H18ClFN2O. The number of hydrogen-bond donors (Lipinski definition) is 1. The molecule has 5 heteroatoms. The predicted octanol–water partition coefficient (Wildman–Crippen LogP) is 2.97. The van der Waals surface area contributed by atoms with Crippen LogP contribution in [0.3, 0.4) is 0 Å². The molecule has 1 aliphatic rings. The lowest BCUT2D eigenvalue weighted by Gasteiger charge is -2.34. The highest BCUT2D eigenvalue weighted by Gasteiger charge is 2.26. The number of carbonyl (C=O) groups excluding carboxylic acids is 1. The second-order valence-corrected chi connectivity index (χ2v) is 5.10. The molecule has 3 nitrogen and oxygen atoms in total. The minimum atomic E-state index is -0.459. The Kier molecular flexibility index (Phi) is 4.77. The van der Waals surface area contributed by atoms with Gasteiger partial charge < -0.3 is 10.2 Å². The standard InChI is InChI=1S/C14H18ClFN2O/c1-2-14(19)18(10-5-7-17-8-6-10)11-3-4-13(16)12(15)9-11/h3-4,9-10,17H,2,5-8H2,1H3. The summed E-state index contributed by atoms with van der Waals surface area (Å²) in [6, 6.07) is 4.63. The zero-order valence-electron chi connectivity index (χ0n) is 11.0. The van der Waals surface area contributed by atoms with Gasteiger partial charge in [0.15, 0.2) is 0 Å². The summed E-state index contributed by atoms with van der Waals surface area (Å²) in [5, 5.41) is 3.33. The fourth-order valence-electron chi connectivity index (χ4n) is 2.43. The van der Waals surface area contributed by atoms with E-state index in [1.54, 1.807) is 11.0 Å². The molecule has 0 radical (unpaired) electrons. The number of nitrogens with one attached hydrogen (secondary N) is 1. The Morgan fingerprint density at radius 1 is 1.47 bits per heavy atom. The van der Waals surface area contributed by atoms with Crippen LogP contribution in [0.2, 0.25) is 5.02 Å². The van der Waals surface area contributed by atoms with Crippen molar-refractivity contribution >= 4 is 23.2 Å². The van der Waals surface area contributed by atoms with Crippen molar-refractivity contribution < 1.29 is 9.18 Å². The Bertz CT molecular complexity index is 461. The van der Waals surface area contributed by atoms with Gasteiger partial charge in [-0.2, -0.15) is 0 Å². The molecule has 0 spiro atoms. The summed E-state index contributed by atoms with van der Waals surface area (Å²) in [4.78, 5) is 13.9. The van der Waals surface area contributed by atoms with Gasteiger partial charge in [-0.25, -0.2) is 4.39 Å². The lowest BCUT2D eigenvalue weighted by molar-refractivity contribution is -0.118. The molecule has 0 saturated carbocycles. The van der Waals surface area contributed by atoms with Gasteiger partial charge in [-0.05, 0) is 44.1 Å². The fraction of sp³-hybridized carbons (Fsp3) is 0.500. The van der Waals surface area contributed by atoms with E-state index in [2.05, 4.69) is 5.32 Å². The second-order valence-electron chi connectivity index (χ2n) is 4.70. The van der Waals surface area contributed by atoms with Crippen LogP contribution >= 0.6 is 11.6 Å². The predicted molar refractivity (Wildman–Crippen MR) is 75.1 cm³/mol. The first kappa shape index (κ1) is 14.3. The summed E-state index contributed by atoms with van der Waals surface area (Å²) < 4.78 is 13.2. The van der Waals surface area contributed by atoms with Gasteiger partial charge in [0.05, 0.1) is 5.02 Å². The fourth-order valence-corrected chi connectivity index (χ4v) is 2.60. The van der Waals surface area contributed by atoms with Gasteiger partial charge in [0.25, 0.3) is 0 Å². The maximum atomic E-state index is 13.2. The van der Waals surface area contributed by atoms with E-state index in [0.29, 0.717) is 12.1 Å². The van der Waals surface area contributed by atoms with Crippen LogP contribution in [-0.4, -0.2) is 25.0 Å². The number of carbonyl (C=O) groups is 1. The monoisotopic (exact) mass is 284 g/mol. The van der Waals surface area contributed by atoms with E-state index in [1.807, 2.05) is 6.92 Å². The molecule has 1 aliphatic heterocycles. The third-order valence-electron chi connectivity index (χ3n) is 3.43. The highest BCUT2D eigenvalue weighted by atomic mass is 35.5. The highest BCUT2D eigenvalue weighted by molar-refractivity contribution is 6.31. The first-order valence-electron chi connectivity index (χ1n) is 6.61. The van der Waals surface area contributed by atoms with E-state index in [1.165, 1.54) is 12.1 Å². The van der Waals surface area contributed by atoms with Gasteiger partial charge >= 0.3 is 0 Å². The van der Waals surface area contributed by atoms with E-state index in [4.69, 9.17) is 11.6 Å². The molecule has 1 amide bonds. The lowest BCUT2D eigenvalue weighted by atomic mass is 10.0. The van der Waals surface area contributed by atoms with Crippen LogP contribution in [0.1, 0.15) is 26.2 Å². The third-order valence-corrected chi connectivity index (χ3v) is 3.72. The van der Waals surface area contributed by atoms with Crippen molar-refractivity contribution in [1.82, 2.24) is 5.32 Å². The number of halogens is 2. The molecule has 1 fully saturated rings. The summed E-state index contributed by atoms with van der Waals surface area (Å²) in [7, 11) is 0. The zero-order chi connectivity index (χ0) is 13.8. The van der Waals surface area contributed by atoms with Crippen molar-refractivity contribution in [3.63, 3.8) is 0 Å². The molecule has 104 valence electrons. The Labute approximate surface area is 117 Å². The summed E-state index contributed by atoms with van der Waals surface area (Å²) in [5.41, 5.74) is 0.685. The number of hydrogen-bond acceptors (Lipinski definition) is 2. The molecule has 19 heavy (non-hydrogen) atoms. The van der Waals surface area contributed by atoms with Crippen LogP contribution in [0.25, 0.3) is 0 Å². The van der Waals surface area contributed by atoms with Gasteiger partial charge in [0.1, 0.15) is 5.82 Å². The first-order chi connectivity index (χ1) is 9.13. The van der Waals surface area contributed by atoms with E-state index >= 15 is 0 Å². The van der Waals surface area contributed by atoms with Gasteiger partial charge in [-0.3, -0.25) is 4.79 Å². The van der Waals surface area contributed by atoms with Crippen LogP contribution in [0.5, 0.6) is 0 Å². The molecule has 1 saturated heterocycles. The van der Waals surface area contributed by atoms with Crippen molar-refractivity contribution in [1.29, 1.82) is 0 Å². The Hall–Kier alpha value is -1.13. The van der Waals surface area contributed by atoms with Crippen molar-refractivity contribution in [2.75, 3.05) is 18.0 Å². The summed E-state index contributed by atoms with van der Waals surface area (Å²) >= 11 is 5.82. The van der Waals surface area contributed by atoms with Gasteiger partial charge in [0, 0.05) is 18.2 Å². The molecular weight excluding hydrogens is 267 g/mol. The third kappa shape index (κ3) is 3.25. The molecule has 0 aliphatic carbocycles. The summed E-state index contributed by atoms with van der Waals surface area (Å²) in [5.74, 6) is -0.408. The number of benzene rings is 1. The quantitative estimate of drug-likeness (QED) is 0.925. The average molecular weight is 285 g/mol. The van der Waals surface area contributed by atoms with E-state index < -0.39 is 5.82 Å². The number of amides is 1. The number of rotatable bonds is 3. The maximum Gasteiger partial charge on any atom is 0.226 e. The van der Waals surface area contributed by atoms with Gasteiger partial charge in [0.2, 0.25) is 5.91 Å². The zero-order valence-corrected chi connectivity index (χ0v) is 11.7. The maximum absolute atomic E-state index is 13.2. The molecule has 0 atom stereocenters. The van der Waals surface area contributed by atoms with Crippen LogP contribution < -0.4 is 10.2 Å². The second kappa shape index (κ2) is 6.35. The van der Waals surface area contributed by atoms with Crippen LogP contribution in [0.4, 0.5) is 10.1 Å². The Morgan fingerprint density at radius 2 is 2.16 bits per heavy atom. The molecule has 0 bridgehead atoms. The van der Waals surface area contributed by atoms with Crippen LogP contribution in [0.15, 0.2) is 18.2 Å². The molecule has 1 N–H and O–H groups in total. The van der Waals surface area contributed by atoms with Crippen molar-refractivity contribution in [3.05, 3.63) is 29.0 Å². The molecule has 1 heterocycles. The van der Waals surface area contributed by atoms with Crippen LogP contribution in [-0.2, 0) is 4.79 Å². The largest absolute Gasteiger partial charge is 0.317 e. The molecule has 2 rings (SSSR count). The van der Waals surface area contributed by atoms with Gasteiger partial charge in [-0.1, -0.05) is 18.5 Å². The van der Waals surface area contributed by atoms with Crippen LogP contribution in [0, 0.1) is 5.82 Å². The number of piperidine rings is 1. The number of anilines is 1. The van der Waals surface area contributed by atoms with Crippen molar-refractivity contribution in [2.45, 2.75) is 32.2 Å². The van der Waals surface area contributed by atoms with Crippen molar-refractivity contribution in [2.24, 2.45) is 0 Å². The normalized spacial score (nSPS) is 16.4. The first-order valence-corrected chi connectivity index (χ1v) is 6.99. The highest BCUT2D eigenvalue weighted by Crippen LogP contribution is 2.27. The lowest BCUT2D eigenvalue weighted by Crippen LogP contribution is -2.46. The average Bonchev–Trinajstić information content (AvgIpc) is 2.44. The smallest absolute Gasteiger partial charge is 0.226 e. The SMILES string of the molecule is CCC(=O)N(c1ccc(F)c(Cl)c1)C1CCNCC1. The molecule has 0 aromatic heterocycles.